The number of rotatable bonds is 11. The van der Waals surface area contributed by atoms with Gasteiger partial charge in [-0.3, -0.25) is 19.7 Å². The average molecular weight is 618 g/mol. The fraction of sp³-hybridized carbons (Fsp3) is 0.484. The second-order valence-corrected chi connectivity index (χ2v) is 11.0. The van der Waals surface area contributed by atoms with Crippen LogP contribution in [0.15, 0.2) is 42.5 Å². The lowest BCUT2D eigenvalue weighted by molar-refractivity contribution is -0.192. The lowest BCUT2D eigenvalue weighted by atomic mass is 9.83. The van der Waals surface area contributed by atoms with Gasteiger partial charge in [0, 0.05) is 61.6 Å². The van der Waals surface area contributed by atoms with Crippen molar-refractivity contribution in [3.8, 4) is 0 Å². The van der Waals surface area contributed by atoms with E-state index in [2.05, 4.69) is 20.4 Å². The molecule has 13 heteroatoms. The summed E-state index contributed by atoms with van der Waals surface area (Å²) in [7, 11) is 0. The van der Waals surface area contributed by atoms with Crippen molar-refractivity contribution in [2.24, 2.45) is 0 Å². The van der Waals surface area contributed by atoms with E-state index in [4.69, 9.17) is 9.90 Å². The fourth-order valence-corrected chi connectivity index (χ4v) is 5.76. The van der Waals surface area contributed by atoms with E-state index in [1.54, 1.807) is 30.3 Å². The van der Waals surface area contributed by atoms with Crippen LogP contribution in [0.5, 0.6) is 0 Å². The van der Waals surface area contributed by atoms with Gasteiger partial charge in [-0.1, -0.05) is 36.4 Å². The number of aliphatic carboxylic acids is 1. The third kappa shape index (κ3) is 8.42. The molecule has 10 nitrogen and oxygen atoms in total. The van der Waals surface area contributed by atoms with E-state index in [9.17, 15) is 27.6 Å². The number of nitrogens with zero attached hydrogens (tertiary/aromatic N) is 3. The molecule has 3 N–H and O–H groups in total. The monoisotopic (exact) mass is 617 g/mol. The van der Waals surface area contributed by atoms with Crippen LogP contribution in [0.25, 0.3) is 0 Å². The van der Waals surface area contributed by atoms with Crippen molar-refractivity contribution in [3.05, 3.63) is 64.7 Å². The molecule has 0 saturated carbocycles. The molecule has 2 aromatic rings. The normalized spacial score (nSPS) is 18.6. The average Bonchev–Trinajstić information content (AvgIpc) is 3.55. The smallest absolute Gasteiger partial charge is 0.475 e. The fourth-order valence-electron chi connectivity index (χ4n) is 5.76. The molecule has 0 radical (unpaired) electrons. The number of halogens is 3. The van der Waals surface area contributed by atoms with E-state index in [1.165, 1.54) is 0 Å². The molecule has 1 atom stereocenters. The van der Waals surface area contributed by atoms with Gasteiger partial charge < -0.3 is 25.1 Å². The zero-order valence-electron chi connectivity index (χ0n) is 24.4. The van der Waals surface area contributed by atoms with Crippen molar-refractivity contribution in [3.63, 3.8) is 0 Å². The van der Waals surface area contributed by atoms with Gasteiger partial charge in [0.15, 0.2) is 11.6 Å². The van der Waals surface area contributed by atoms with Crippen LogP contribution in [0, 0.1) is 0 Å². The van der Waals surface area contributed by atoms with E-state index in [0.29, 0.717) is 22.3 Å². The van der Waals surface area contributed by atoms with Crippen LogP contribution >= 0.6 is 0 Å². The van der Waals surface area contributed by atoms with Gasteiger partial charge in [-0.25, -0.2) is 4.79 Å². The molecule has 5 rings (SSSR count). The molecule has 238 valence electrons. The maximum Gasteiger partial charge on any atom is 0.490 e. The highest BCUT2D eigenvalue weighted by Crippen LogP contribution is 2.31. The first-order valence-corrected chi connectivity index (χ1v) is 14.8. The minimum Gasteiger partial charge on any atom is -0.475 e. The maximum absolute atomic E-state index is 13.2. The van der Waals surface area contributed by atoms with Gasteiger partial charge in [-0.2, -0.15) is 13.2 Å². The molecule has 2 aliphatic heterocycles. The number of piperazine rings is 1. The molecule has 0 aromatic heterocycles. The van der Waals surface area contributed by atoms with Crippen LogP contribution in [0.4, 0.5) is 18.9 Å². The van der Waals surface area contributed by atoms with E-state index in [0.717, 1.165) is 96.7 Å². The SMILES string of the molecule is O=C(O)C(F)(F)F.O=CN(CCCN1CCN(CCCNc2cccc3c2C(=O)c2ccccc2C3=O)CC1)[C@H]1CCCN1. The maximum atomic E-state index is 13.2. The van der Waals surface area contributed by atoms with Gasteiger partial charge in [0.2, 0.25) is 6.41 Å². The quantitative estimate of drug-likeness (QED) is 0.220. The minimum absolute atomic E-state index is 0.0826. The molecule has 0 unspecified atom stereocenters. The van der Waals surface area contributed by atoms with Gasteiger partial charge in [0.05, 0.1) is 11.7 Å². The highest BCUT2D eigenvalue weighted by atomic mass is 19.4. The zero-order chi connectivity index (χ0) is 31.7. The molecular weight excluding hydrogens is 579 g/mol. The number of anilines is 1. The van der Waals surface area contributed by atoms with Gasteiger partial charge in [-0.05, 0) is 51.4 Å². The van der Waals surface area contributed by atoms with Crippen LogP contribution in [-0.2, 0) is 9.59 Å². The second kappa shape index (κ2) is 15.3. The van der Waals surface area contributed by atoms with Gasteiger partial charge in [0.25, 0.3) is 0 Å². The molecule has 2 saturated heterocycles. The first kappa shape index (κ1) is 33.1. The van der Waals surface area contributed by atoms with E-state index in [1.807, 2.05) is 17.0 Å². The van der Waals surface area contributed by atoms with Crippen molar-refractivity contribution in [2.75, 3.05) is 64.2 Å². The van der Waals surface area contributed by atoms with Crippen LogP contribution in [0.3, 0.4) is 0 Å². The van der Waals surface area contributed by atoms with E-state index in [-0.39, 0.29) is 17.7 Å². The van der Waals surface area contributed by atoms with E-state index >= 15 is 0 Å². The Kier molecular flexibility index (Phi) is 11.5. The van der Waals surface area contributed by atoms with Gasteiger partial charge >= 0.3 is 12.1 Å². The third-order valence-corrected chi connectivity index (χ3v) is 8.09. The Labute approximate surface area is 254 Å². The van der Waals surface area contributed by atoms with Crippen molar-refractivity contribution < 1.29 is 37.5 Å². The lowest BCUT2D eigenvalue weighted by Crippen LogP contribution is -2.48. The van der Waals surface area contributed by atoms with Crippen LogP contribution in [0.2, 0.25) is 0 Å². The predicted molar refractivity (Wildman–Crippen MR) is 158 cm³/mol. The molecule has 2 fully saturated rings. The first-order valence-electron chi connectivity index (χ1n) is 14.8. The zero-order valence-corrected chi connectivity index (χ0v) is 24.4. The largest absolute Gasteiger partial charge is 0.490 e. The standard InChI is InChI=1S/C29H37N5O3.C2HF3O2/c35-21-34(26-11-4-12-31-26)16-6-15-33-19-17-32(18-20-33)14-5-13-30-25-10-3-9-24-27(25)29(37)23-8-2-1-7-22(23)28(24)36;3-2(4,5)1(6)7/h1-3,7-10,21,26,30-31H,4-6,11-20H2;(H,6,7)/t26-;/m0./s1. The summed E-state index contributed by atoms with van der Waals surface area (Å²) in [6.45, 7) is 8.80. The predicted octanol–water partition coefficient (Wildman–Crippen LogP) is 3.07. The summed E-state index contributed by atoms with van der Waals surface area (Å²) in [6.07, 6.45) is 0.304. The highest BCUT2D eigenvalue weighted by molar-refractivity contribution is 6.30. The summed E-state index contributed by atoms with van der Waals surface area (Å²) in [5.41, 5.74) is 2.70. The number of hydrogen-bond acceptors (Lipinski definition) is 8. The number of carbonyl (C=O) groups is 4. The summed E-state index contributed by atoms with van der Waals surface area (Å²) >= 11 is 0. The number of carbonyl (C=O) groups excluding carboxylic acids is 3. The third-order valence-electron chi connectivity index (χ3n) is 8.09. The van der Waals surface area contributed by atoms with Gasteiger partial charge in [0.1, 0.15) is 0 Å². The molecule has 2 heterocycles. The summed E-state index contributed by atoms with van der Waals surface area (Å²) in [5.74, 6) is -2.92. The summed E-state index contributed by atoms with van der Waals surface area (Å²) in [4.78, 5) is 53.3. The number of carboxylic acid groups (broad SMARTS) is 1. The first-order chi connectivity index (χ1) is 21.1. The summed E-state index contributed by atoms with van der Waals surface area (Å²) in [6, 6.07) is 12.6. The van der Waals surface area contributed by atoms with Crippen molar-refractivity contribution >= 4 is 29.6 Å². The van der Waals surface area contributed by atoms with Gasteiger partial charge in [-0.15, -0.1) is 0 Å². The summed E-state index contributed by atoms with van der Waals surface area (Å²) in [5, 5.41) is 13.9. The molecule has 3 aliphatic rings. The number of hydrogen-bond donors (Lipinski definition) is 3. The van der Waals surface area contributed by atoms with Crippen molar-refractivity contribution in [1.82, 2.24) is 20.0 Å². The lowest BCUT2D eigenvalue weighted by Gasteiger charge is -2.35. The number of ketones is 2. The number of amides is 1. The minimum atomic E-state index is -5.08. The number of fused-ring (bicyclic) bond motifs is 2. The Bertz CT molecular complexity index is 1320. The van der Waals surface area contributed by atoms with Crippen LogP contribution in [-0.4, -0.2) is 115 Å². The number of alkyl halides is 3. The molecular formula is C31H38F3N5O5. The molecule has 0 bridgehead atoms. The molecule has 2 aromatic carbocycles. The Morgan fingerprint density at radius 2 is 1.55 bits per heavy atom. The number of nitrogens with one attached hydrogen (secondary N) is 2. The molecule has 1 aliphatic carbocycles. The highest BCUT2D eigenvalue weighted by Gasteiger charge is 2.38. The molecule has 44 heavy (non-hydrogen) atoms. The Hall–Kier alpha value is -3.81. The topological polar surface area (TPSA) is 122 Å². The summed E-state index contributed by atoms with van der Waals surface area (Å²) < 4.78 is 31.7. The molecule has 0 spiro atoms. The molecule has 1 amide bonds. The Morgan fingerprint density at radius 3 is 2.11 bits per heavy atom. The van der Waals surface area contributed by atoms with Crippen LogP contribution in [0.1, 0.15) is 57.5 Å². The number of benzene rings is 2. The number of carboxylic acids is 1. The van der Waals surface area contributed by atoms with Crippen LogP contribution < -0.4 is 10.6 Å². The second-order valence-electron chi connectivity index (χ2n) is 11.0. The van der Waals surface area contributed by atoms with Crippen molar-refractivity contribution in [1.29, 1.82) is 0 Å². The Morgan fingerprint density at radius 1 is 0.955 bits per heavy atom. The Balaban J connectivity index is 0.000000566. The van der Waals surface area contributed by atoms with Crippen molar-refractivity contribution in [2.45, 2.75) is 38.0 Å². The van der Waals surface area contributed by atoms with E-state index < -0.39 is 12.1 Å².